The molecule has 2 aromatic carbocycles. The van der Waals surface area contributed by atoms with Crippen LogP contribution in [-0.4, -0.2) is 33.2 Å². The van der Waals surface area contributed by atoms with Gasteiger partial charge in [0.15, 0.2) is 0 Å². The van der Waals surface area contributed by atoms with E-state index in [1.54, 1.807) is 31.5 Å². The zero-order valence-corrected chi connectivity index (χ0v) is 16.3. The summed E-state index contributed by atoms with van der Waals surface area (Å²) < 4.78 is 11.8. The minimum Gasteiger partial charge on any atom is -0.335 e. The minimum atomic E-state index is -1.06. The van der Waals surface area contributed by atoms with Gasteiger partial charge < -0.3 is 4.90 Å². The summed E-state index contributed by atoms with van der Waals surface area (Å²) in [7, 11) is 0.588. The van der Waals surface area contributed by atoms with E-state index in [9.17, 15) is 19.1 Å². The van der Waals surface area contributed by atoms with Crippen LogP contribution in [0.3, 0.4) is 0 Å². The summed E-state index contributed by atoms with van der Waals surface area (Å²) in [6.07, 6.45) is 1.61. The zero-order chi connectivity index (χ0) is 18.7. The fraction of sp³-hybridized carbons (Fsp3) is 0.235. The van der Waals surface area contributed by atoms with Gasteiger partial charge in [-0.15, -0.1) is 0 Å². The second kappa shape index (κ2) is 7.88. The molecule has 2 rings (SSSR count). The Hall–Kier alpha value is -2.06. The Morgan fingerprint density at radius 3 is 2.36 bits per heavy atom. The number of halogens is 1. The molecule has 0 bridgehead atoms. The minimum absolute atomic E-state index is 0.151. The molecule has 1 amide bonds. The largest absolute Gasteiger partial charge is 0.335 e. The van der Waals surface area contributed by atoms with Crippen molar-refractivity contribution in [3.63, 3.8) is 0 Å². The number of benzene rings is 2. The van der Waals surface area contributed by atoms with Crippen LogP contribution in [0.15, 0.2) is 51.8 Å². The SMILES string of the molecule is C[C@H](c1ccc([S@@](C)=O)cc1)N(C)C(=O)c1ccc(Br)c([N+](=O)[O-])c1. The van der Waals surface area contributed by atoms with Crippen LogP contribution < -0.4 is 0 Å². The van der Waals surface area contributed by atoms with Crippen molar-refractivity contribution >= 4 is 38.3 Å². The molecular formula is C17H17BrN2O4S. The third-order valence-electron chi connectivity index (χ3n) is 3.99. The van der Waals surface area contributed by atoms with E-state index in [0.29, 0.717) is 9.37 Å². The first kappa shape index (κ1) is 19.3. The summed E-state index contributed by atoms with van der Waals surface area (Å²) in [5.74, 6) is -0.314. The molecule has 0 radical (unpaired) electrons. The van der Waals surface area contributed by atoms with Crippen molar-refractivity contribution in [2.75, 3.05) is 13.3 Å². The Kier molecular flexibility index (Phi) is 6.07. The van der Waals surface area contributed by atoms with Gasteiger partial charge in [-0.05, 0) is 52.7 Å². The first-order chi connectivity index (χ1) is 11.7. The van der Waals surface area contributed by atoms with Crippen LogP contribution in [0, 0.1) is 10.1 Å². The van der Waals surface area contributed by atoms with Gasteiger partial charge in [-0.2, -0.15) is 0 Å². The van der Waals surface area contributed by atoms with Crippen molar-refractivity contribution in [2.24, 2.45) is 0 Å². The molecule has 0 fully saturated rings. The average molecular weight is 425 g/mol. The van der Waals surface area contributed by atoms with Gasteiger partial charge in [-0.1, -0.05) is 12.1 Å². The van der Waals surface area contributed by atoms with Crippen LogP contribution in [0.25, 0.3) is 0 Å². The molecule has 0 N–H and O–H groups in total. The van der Waals surface area contributed by atoms with Gasteiger partial charge in [0.25, 0.3) is 11.6 Å². The fourth-order valence-electron chi connectivity index (χ4n) is 2.33. The molecule has 0 spiro atoms. The summed E-state index contributed by atoms with van der Waals surface area (Å²) in [6, 6.07) is 11.3. The van der Waals surface area contributed by atoms with Crippen LogP contribution in [0.4, 0.5) is 5.69 Å². The van der Waals surface area contributed by atoms with E-state index >= 15 is 0 Å². The Bertz CT molecular complexity index is 839. The highest BCUT2D eigenvalue weighted by Crippen LogP contribution is 2.28. The highest BCUT2D eigenvalue weighted by atomic mass is 79.9. The molecule has 2 aromatic rings. The van der Waals surface area contributed by atoms with Crippen LogP contribution in [0.5, 0.6) is 0 Å². The monoisotopic (exact) mass is 424 g/mol. The first-order valence-corrected chi connectivity index (χ1v) is 9.72. The fourth-order valence-corrected chi connectivity index (χ4v) is 3.24. The van der Waals surface area contributed by atoms with E-state index in [0.717, 1.165) is 5.56 Å². The second-order valence-electron chi connectivity index (χ2n) is 5.54. The van der Waals surface area contributed by atoms with Crippen LogP contribution in [-0.2, 0) is 10.8 Å². The average Bonchev–Trinajstić information content (AvgIpc) is 2.60. The second-order valence-corrected chi connectivity index (χ2v) is 7.77. The van der Waals surface area contributed by atoms with E-state index in [1.165, 1.54) is 17.0 Å². The van der Waals surface area contributed by atoms with Crippen molar-refractivity contribution in [2.45, 2.75) is 17.9 Å². The van der Waals surface area contributed by atoms with Gasteiger partial charge >= 0.3 is 0 Å². The van der Waals surface area contributed by atoms with E-state index in [4.69, 9.17) is 0 Å². The number of carbonyl (C=O) groups excluding carboxylic acids is 1. The number of amides is 1. The summed E-state index contributed by atoms with van der Waals surface area (Å²) >= 11 is 3.11. The molecule has 6 nitrogen and oxygen atoms in total. The molecule has 0 heterocycles. The highest BCUT2D eigenvalue weighted by Gasteiger charge is 2.22. The summed E-state index contributed by atoms with van der Waals surface area (Å²) in [5, 5.41) is 11.0. The summed E-state index contributed by atoms with van der Waals surface area (Å²) in [6.45, 7) is 1.86. The smallest absolute Gasteiger partial charge is 0.284 e. The molecule has 0 saturated heterocycles. The van der Waals surface area contributed by atoms with Crippen molar-refractivity contribution in [3.05, 3.63) is 68.2 Å². The topological polar surface area (TPSA) is 80.5 Å². The maximum Gasteiger partial charge on any atom is 0.284 e. The summed E-state index contributed by atoms with van der Waals surface area (Å²) in [5.41, 5.74) is 0.980. The number of nitrogens with zero attached hydrogens (tertiary/aromatic N) is 2. The van der Waals surface area contributed by atoms with Gasteiger partial charge in [-0.3, -0.25) is 19.1 Å². The number of nitro benzene ring substituents is 1. The van der Waals surface area contributed by atoms with E-state index < -0.39 is 15.7 Å². The van der Waals surface area contributed by atoms with E-state index in [2.05, 4.69) is 15.9 Å². The van der Waals surface area contributed by atoms with Crippen molar-refractivity contribution in [1.82, 2.24) is 4.90 Å². The summed E-state index contributed by atoms with van der Waals surface area (Å²) in [4.78, 5) is 25.4. The Balaban J connectivity index is 2.25. The first-order valence-electron chi connectivity index (χ1n) is 7.37. The molecule has 0 aliphatic carbocycles. The molecule has 25 heavy (non-hydrogen) atoms. The lowest BCUT2D eigenvalue weighted by Crippen LogP contribution is -2.29. The lowest BCUT2D eigenvalue weighted by atomic mass is 10.1. The van der Waals surface area contributed by atoms with Crippen molar-refractivity contribution in [3.8, 4) is 0 Å². The lowest BCUT2D eigenvalue weighted by Gasteiger charge is -2.25. The highest BCUT2D eigenvalue weighted by molar-refractivity contribution is 9.10. The number of hydrogen-bond acceptors (Lipinski definition) is 4. The van der Waals surface area contributed by atoms with Crippen molar-refractivity contribution < 1.29 is 13.9 Å². The van der Waals surface area contributed by atoms with Gasteiger partial charge in [0.1, 0.15) is 0 Å². The molecule has 0 aliphatic rings. The van der Waals surface area contributed by atoms with Crippen molar-refractivity contribution in [1.29, 1.82) is 0 Å². The van der Waals surface area contributed by atoms with Crippen LogP contribution in [0.1, 0.15) is 28.9 Å². The molecule has 0 aromatic heterocycles. The third-order valence-corrected chi connectivity index (χ3v) is 5.59. The molecular weight excluding hydrogens is 408 g/mol. The lowest BCUT2D eigenvalue weighted by molar-refractivity contribution is -0.385. The number of hydrogen-bond donors (Lipinski definition) is 0. The number of nitro groups is 1. The Morgan fingerprint density at radius 2 is 1.84 bits per heavy atom. The molecule has 8 heteroatoms. The van der Waals surface area contributed by atoms with E-state index in [1.807, 2.05) is 19.1 Å². The normalized spacial score (nSPS) is 13.1. The van der Waals surface area contributed by atoms with E-state index in [-0.39, 0.29) is 23.2 Å². The predicted molar refractivity (Wildman–Crippen MR) is 100 cm³/mol. The molecule has 0 saturated carbocycles. The van der Waals surface area contributed by atoms with Gasteiger partial charge in [0, 0.05) is 40.6 Å². The van der Waals surface area contributed by atoms with Crippen LogP contribution in [0.2, 0.25) is 0 Å². The molecule has 0 unspecified atom stereocenters. The van der Waals surface area contributed by atoms with Gasteiger partial charge in [0.2, 0.25) is 0 Å². The molecule has 2 atom stereocenters. The molecule has 132 valence electrons. The van der Waals surface area contributed by atoms with Gasteiger partial charge in [0.05, 0.1) is 15.4 Å². The van der Waals surface area contributed by atoms with Crippen LogP contribution >= 0.6 is 15.9 Å². The maximum atomic E-state index is 12.7. The predicted octanol–water partition coefficient (Wildman–Crippen LogP) is 3.93. The number of carbonyl (C=O) groups is 1. The quantitative estimate of drug-likeness (QED) is 0.537. The zero-order valence-electron chi connectivity index (χ0n) is 13.9. The molecule has 0 aliphatic heterocycles. The number of rotatable bonds is 5. The van der Waals surface area contributed by atoms with Gasteiger partial charge in [-0.25, -0.2) is 0 Å². The Morgan fingerprint density at radius 1 is 1.24 bits per heavy atom. The standard InChI is InChI=1S/C17H17BrN2O4S/c1-11(12-4-7-14(8-5-12)25(3)24)19(2)17(21)13-6-9-15(18)16(10-13)20(22)23/h4-11H,1-3H3/t11-,25-/m1/s1. The third kappa shape index (κ3) is 4.32. The maximum absolute atomic E-state index is 12.7. The Labute approximate surface area is 156 Å².